The van der Waals surface area contributed by atoms with Gasteiger partial charge in [-0.15, -0.1) is 0 Å². The lowest BCUT2D eigenvalue weighted by Crippen LogP contribution is -2.27. The molecule has 29 heavy (non-hydrogen) atoms. The van der Waals surface area contributed by atoms with E-state index < -0.39 is 24.7 Å². The van der Waals surface area contributed by atoms with Gasteiger partial charge in [0, 0.05) is 29.2 Å². The van der Waals surface area contributed by atoms with Crippen molar-refractivity contribution in [1.29, 1.82) is 0 Å². The van der Waals surface area contributed by atoms with E-state index in [9.17, 15) is 18.0 Å². The van der Waals surface area contributed by atoms with Crippen molar-refractivity contribution >= 4 is 17.5 Å². The van der Waals surface area contributed by atoms with E-state index in [4.69, 9.17) is 5.73 Å². The third kappa shape index (κ3) is 5.63. The summed E-state index contributed by atoms with van der Waals surface area (Å²) in [5.74, 6) is 0.634. The van der Waals surface area contributed by atoms with Crippen LogP contribution in [0.2, 0.25) is 0 Å². The normalized spacial score (nSPS) is 19.9. The highest BCUT2D eigenvalue weighted by molar-refractivity contribution is 5.88. The third-order valence-electron chi connectivity index (χ3n) is 4.83. The van der Waals surface area contributed by atoms with Gasteiger partial charge in [0.2, 0.25) is 0 Å². The van der Waals surface area contributed by atoms with Crippen LogP contribution in [0.5, 0.6) is 0 Å². The number of H-pyrrole nitrogens is 1. The van der Waals surface area contributed by atoms with Crippen LogP contribution in [0.4, 0.5) is 29.3 Å². The van der Waals surface area contributed by atoms with Gasteiger partial charge in [0.25, 0.3) is 0 Å². The highest BCUT2D eigenvalue weighted by Crippen LogP contribution is 2.34. The molecule has 0 saturated carbocycles. The fourth-order valence-electron chi connectivity index (χ4n) is 3.41. The highest BCUT2D eigenvalue weighted by Gasteiger charge is 2.32. The molecule has 2 bridgehead atoms. The number of amides is 1. The quantitative estimate of drug-likeness (QED) is 0.580. The van der Waals surface area contributed by atoms with E-state index in [1.165, 1.54) is 7.11 Å². The monoisotopic (exact) mass is 411 g/mol. The van der Waals surface area contributed by atoms with Crippen molar-refractivity contribution in [2.75, 3.05) is 17.7 Å². The van der Waals surface area contributed by atoms with Crippen molar-refractivity contribution in [2.24, 2.45) is 5.73 Å². The summed E-state index contributed by atoms with van der Waals surface area (Å²) in [5, 5.41) is 5.54. The maximum atomic E-state index is 13.1. The molecule has 2 aromatic rings. The average Bonchev–Trinajstić information content (AvgIpc) is 3.13. The van der Waals surface area contributed by atoms with Gasteiger partial charge in [-0.05, 0) is 31.0 Å². The second-order valence-corrected chi connectivity index (χ2v) is 7.10. The zero-order chi connectivity index (χ0) is 21.0. The van der Waals surface area contributed by atoms with Crippen LogP contribution >= 0.6 is 0 Å². The Balaban J connectivity index is 2.01. The molecule has 1 aromatic heterocycles. The molecule has 3 rings (SSSR count). The number of benzene rings is 1. The third-order valence-corrected chi connectivity index (χ3v) is 4.83. The van der Waals surface area contributed by atoms with Crippen LogP contribution in [0, 0.1) is 0 Å². The minimum Gasteiger partial charge on any atom is -0.453 e. The van der Waals surface area contributed by atoms with Gasteiger partial charge in [-0.1, -0.05) is 12.8 Å². The van der Waals surface area contributed by atoms with Crippen LogP contribution in [0.3, 0.4) is 0 Å². The molecule has 0 aliphatic carbocycles. The van der Waals surface area contributed by atoms with Crippen molar-refractivity contribution < 1.29 is 22.7 Å². The number of fused-ring (bicyclic) bond motifs is 4. The molecule has 1 aromatic carbocycles. The van der Waals surface area contributed by atoms with Crippen LogP contribution < -0.4 is 16.4 Å². The Bertz CT molecular complexity index is 853. The summed E-state index contributed by atoms with van der Waals surface area (Å²) in [7, 11) is 1.23. The number of imidazole rings is 1. The Morgan fingerprint density at radius 1 is 1.34 bits per heavy atom. The van der Waals surface area contributed by atoms with E-state index in [0.29, 0.717) is 54.1 Å². The number of alkyl halides is 3. The molecule has 1 amide bonds. The number of anilines is 2. The Morgan fingerprint density at radius 3 is 2.83 bits per heavy atom. The smallest absolute Gasteiger partial charge is 0.411 e. The predicted molar refractivity (Wildman–Crippen MR) is 104 cm³/mol. The molecule has 158 valence electrons. The van der Waals surface area contributed by atoms with Gasteiger partial charge in [0.15, 0.2) is 0 Å². The number of hydrogen-bond acceptors (Lipinski definition) is 5. The minimum atomic E-state index is -4.30. The summed E-state index contributed by atoms with van der Waals surface area (Å²) in [6.45, 7) is 0. The first-order valence-corrected chi connectivity index (χ1v) is 9.39. The lowest BCUT2D eigenvalue weighted by molar-refractivity contribution is -0.137. The molecular formula is C19H24F3N5O2. The first-order valence-electron chi connectivity index (χ1n) is 9.39. The molecule has 2 heterocycles. The van der Waals surface area contributed by atoms with Gasteiger partial charge < -0.3 is 20.8 Å². The molecule has 5 N–H and O–H groups in total. The number of rotatable bonds is 2. The number of nitrogens with two attached hydrogens (primary N) is 1. The lowest BCUT2D eigenvalue weighted by atomic mass is 10.0. The van der Waals surface area contributed by atoms with Crippen LogP contribution in [0.1, 0.15) is 44.0 Å². The molecule has 0 saturated heterocycles. The number of carbonyl (C=O) groups is 1. The lowest BCUT2D eigenvalue weighted by Gasteiger charge is -2.24. The Hall–Kier alpha value is -2.75. The molecular weight excluding hydrogens is 387 g/mol. The number of aromatic nitrogens is 2. The van der Waals surface area contributed by atoms with E-state index >= 15 is 0 Å². The van der Waals surface area contributed by atoms with Crippen molar-refractivity contribution in [1.82, 2.24) is 9.97 Å². The summed E-state index contributed by atoms with van der Waals surface area (Å²) >= 11 is 0. The van der Waals surface area contributed by atoms with E-state index in [1.807, 2.05) is 0 Å². The predicted octanol–water partition coefficient (Wildman–Crippen LogP) is 4.56. The van der Waals surface area contributed by atoms with Crippen LogP contribution in [-0.2, 0) is 4.74 Å². The van der Waals surface area contributed by atoms with Gasteiger partial charge in [-0.2, -0.15) is 13.2 Å². The van der Waals surface area contributed by atoms with Crippen molar-refractivity contribution in [3.05, 3.63) is 30.2 Å². The maximum absolute atomic E-state index is 13.1. The number of hydrogen-bond donors (Lipinski definition) is 4. The zero-order valence-corrected chi connectivity index (χ0v) is 16.0. The van der Waals surface area contributed by atoms with Gasteiger partial charge >= 0.3 is 12.3 Å². The first kappa shape index (κ1) is 21.0. The molecule has 0 radical (unpaired) electrons. The van der Waals surface area contributed by atoms with Crippen LogP contribution in [0.25, 0.3) is 11.3 Å². The number of nitrogens with one attached hydrogen (secondary N) is 3. The number of aromatic amines is 1. The number of ether oxygens (including phenoxy) is 1. The molecule has 1 unspecified atom stereocenters. The Morgan fingerprint density at radius 2 is 2.10 bits per heavy atom. The summed E-state index contributed by atoms with van der Waals surface area (Å²) in [4.78, 5) is 19.1. The minimum absolute atomic E-state index is 0.305. The summed E-state index contributed by atoms with van der Waals surface area (Å²) in [6, 6.07) is 3.79. The molecule has 1 aliphatic rings. The van der Waals surface area contributed by atoms with E-state index in [-0.39, 0.29) is 6.04 Å². The molecule has 2 atom stereocenters. The van der Waals surface area contributed by atoms with E-state index in [0.717, 1.165) is 0 Å². The maximum Gasteiger partial charge on any atom is 0.411 e. The molecule has 7 nitrogen and oxygen atoms in total. The molecule has 10 heteroatoms. The van der Waals surface area contributed by atoms with Crippen molar-refractivity contribution in [3.8, 4) is 11.3 Å². The zero-order valence-electron chi connectivity index (χ0n) is 16.0. The summed E-state index contributed by atoms with van der Waals surface area (Å²) in [6.07, 6.45) is -1.96. The van der Waals surface area contributed by atoms with Gasteiger partial charge in [-0.25, -0.2) is 9.78 Å². The average molecular weight is 411 g/mol. The standard InChI is InChI=1S/C19H24F3N5O2/c1-29-18(28)26-11-6-7-13-15(8-11)25-12(9-19(20,21)22)4-2-3-5-14(23)17-24-10-16(13)27-17/h6-8,10,12,14,25H,2-5,9,23H2,1H3,(H,24,27)(H,26,28)/t12?,14-/m0/s1. The van der Waals surface area contributed by atoms with Crippen LogP contribution in [-0.4, -0.2) is 35.4 Å². The highest BCUT2D eigenvalue weighted by atomic mass is 19.4. The summed E-state index contributed by atoms with van der Waals surface area (Å²) in [5.41, 5.74) is 8.18. The number of methoxy groups -OCH3 is 1. The second-order valence-electron chi connectivity index (χ2n) is 7.10. The van der Waals surface area contributed by atoms with E-state index in [1.54, 1.807) is 24.4 Å². The van der Waals surface area contributed by atoms with Crippen molar-refractivity contribution in [3.63, 3.8) is 0 Å². The Labute approximate surface area is 166 Å². The molecule has 0 spiro atoms. The first-order chi connectivity index (χ1) is 13.7. The fraction of sp³-hybridized carbons (Fsp3) is 0.474. The number of carbonyl (C=O) groups excluding carboxylic acids is 1. The molecule has 0 fully saturated rings. The number of halogens is 3. The SMILES string of the molecule is COC(=O)Nc1ccc2c(c1)NC(CC(F)(F)F)CCCC[C@H](N)c1nc-2c[nH]1. The molecule has 1 aliphatic heterocycles. The van der Waals surface area contributed by atoms with E-state index in [2.05, 4.69) is 25.3 Å². The summed E-state index contributed by atoms with van der Waals surface area (Å²) < 4.78 is 43.9. The van der Waals surface area contributed by atoms with Gasteiger partial charge in [0.05, 0.1) is 25.3 Å². The second kappa shape index (κ2) is 8.73. The van der Waals surface area contributed by atoms with Crippen molar-refractivity contribution in [2.45, 2.75) is 50.4 Å². The topological polar surface area (TPSA) is 105 Å². The van der Waals surface area contributed by atoms with Gasteiger partial charge in [-0.3, -0.25) is 5.32 Å². The van der Waals surface area contributed by atoms with Crippen LogP contribution in [0.15, 0.2) is 24.4 Å². The number of nitrogens with zero attached hydrogens (tertiary/aromatic N) is 1. The van der Waals surface area contributed by atoms with Gasteiger partial charge in [0.1, 0.15) is 5.82 Å². The fourth-order valence-corrected chi connectivity index (χ4v) is 3.41. The largest absolute Gasteiger partial charge is 0.453 e. The Kier molecular flexibility index (Phi) is 6.31.